The Morgan fingerprint density at radius 2 is 2.06 bits per heavy atom. The molecule has 1 saturated carbocycles. The molecule has 0 amide bonds. The number of nitro groups is 1. The highest BCUT2D eigenvalue weighted by Gasteiger charge is 2.30. The van der Waals surface area contributed by atoms with E-state index in [9.17, 15) is 15.2 Å². The molecular weight excluding hydrogens is 232 g/mol. The first kappa shape index (κ1) is 12.8. The van der Waals surface area contributed by atoms with Gasteiger partial charge in [0.15, 0.2) is 0 Å². The van der Waals surface area contributed by atoms with Crippen LogP contribution in [0.2, 0.25) is 0 Å². The third-order valence-corrected chi connectivity index (χ3v) is 3.43. The molecule has 0 saturated heterocycles. The fourth-order valence-electron chi connectivity index (χ4n) is 2.45. The lowest BCUT2D eigenvalue weighted by Crippen LogP contribution is -2.33. The largest absolute Gasteiger partial charge is 0.388 e. The number of non-ortho nitro benzene ring substituents is 1. The maximum absolute atomic E-state index is 10.8. The van der Waals surface area contributed by atoms with E-state index < -0.39 is 10.5 Å². The molecule has 5 heteroatoms. The molecule has 2 N–H and O–H groups in total. The monoisotopic (exact) mass is 250 g/mol. The maximum atomic E-state index is 10.8. The molecule has 1 aromatic carbocycles. The molecule has 98 valence electrons. The van der Waals surface area contributed by atoms with Gasteiger partial charge in [0.1, 0.15) is 0 Å². The molecule has 1 fully saturated rings. The van der Waals surface area contributed by atoms with Gasteiger partial charge in [-0.25, -0.2) is 0 Å². The first-order valence-electron chi connectivity index (χ1n) is 6.21. The lowest BCUT2D eigenvalue weighted by atomic mass is 10.0. The van der Waals surface area contributed by atoms with E-state index in [0.717, 1.165) is 31.2 Å². The van der Waals surface area contributed by atoms with Gasteiger partial charge < -0.3 is 10.4 Å². The summed E-state index contributed by atoms with van der Waals surface area (Å²) in [5.74, 6) is 0. The molecule has 18 heavy (non-hydrogen) atoms. The number of aryl methyl sites for hydroxylation is 1. The van der Waals surface area contributed by atoms with Crippen molar-refractivity contribution in [2.24, 2.45) is 0 Å². The minimum atomic E-state index is -0.654. The summed E-state index contributed by atoms with van der Waals surface area (Å²) in [6.45, 7) is 2.27. The molecule has 1 aliphatic carbocycles. The van der Waals surface area contributed by atoms with Crippen LogP contribution in [0.1, 0.15) is 31.2 Å². The van der Waals surface area contributed by atoms with Crippen LogP contribution in [0, 0.1) is 17.0 Å². The summed E-state index contributed by atoms with van der Waals surface area (Å²) in [5, 5.41) is 24.1. The number of hydrogen-bond donors (Lipinski definition) is 2. The van der Waals surface area contributed by atoms with E-state index in [1.54, 1.807) is 0 Å². The zero-order valence-corrected chi connectivity index (χ0v) is 10.5. The second kappa shape index (κ2) is 4.94. The van der Waals surface area contributed by atoms with Gasteiger partial charge >= 0.3 is 0 Å². The van der Waals surface area contributed by atoms with Gasteiger partial charge in [0.05, 0.1) is 10.5 Å². The normalized spacial score (nSPS) is 17.7. The maximum Gasteiger partial charge on any atom is 0.271 e. The van der Waals surface area contributed by atoms with Gasteiger partial charge in [-0.3, -0.25) is 10.1 Å². The quantitative estimate of drug-likeness (QED) is 0.636. The van der Waals surface area contributed by atoms with Crippen molar-refractivity contribution in [3.8, 4) is 0 Å². The molecule has 0 aromatic heterocycles. The highest BCUT2D eigenvalue weighted by atomic mass is 16.6. The molecule has 0 spiro atoms. The summed E-state index contributed by atoms with van der Waals surface area (Å²) in [4.78, 5) is 10.4. The summed E-state index contributed by atoms with van der Waals surface area (Å²) in [6, 6.07) is 4.89. The molecular formula is C13H18N2O3. The molecule has 0 heterocycles. The molecule has 5 nitrogen and oxygen atoms in total. The van der Waals surface area contributed by atoms with Crippen LogP contribution in [0.15, 0.2) is 18.2 Å². The highest BCUT2D eigenvalue weighted by Crippen LogP contribution is 2.30. The fraction of sp³-hybridized carbons (Fsp3) is 0.538. The SMILES string of the molecule is Cc1cc(NCC2(O)CCCC2)cc([N+](=O)[O-])c1. The van der Waals surface area contributed by atoms with Gasteiger partial charge in [-0.05, 0) is 31.4 Å². The average Bonchev–Trinajstić information content (AvgIpc) is 2.73. The molecule has 0 radical (unpaired) electrons. The number of nitrogens with one attached hydrogen (secondary N) is 1. The third-order valence-electron chi connectivity index (χ3n) is 3.43. The summed E-state index contributed by atoms with van der Waals surface area (Å²) in [7, 11) is 0. The third kappa shape index (κ3) is 2.98. The smallest absolute Gasteiger partial charge is 0.271 e. The van der Waals surface area contributed by atoms with Gasteiger partial charge in [0, 0.05) is 24.4 Å². The van der Waals surface area contributed by atoms with E-state index in [4.69, 9.17) is 0 Å². The molecule has 1 aromatic rings. The molecule has 0 unspecified atom stereocenters. The number of rotatable bonds is 4. The Hall–Kier alpha value is -1.62. The number of benzene rings is 1. The molecule has 0 bridgehead atoms. The van der Waals surface area contributed by atoms with E-state index in [1.807, 2.05) is 13.0 Å². The lowest BCUT2D eigenvalue weighted by Gasteiger charge is -2.23. The van der Waals surface area contributed by atoms with Crippen molar-refractivity contribution in [3.05, 3.63) is 33.9 Å². The van der Waals surface area contributed by atoms with Gasteiger partial charge in [-0.2, -0.15) is 0 Å². The van der Waals surface area contributed by atoms with Crippen LogP contribution in [0.5, 0.6) is 0 Å². The molecule has 0 aliphatic heterocycles. The number of nitrogens with zero attached hydrogens (tertiary/aromatic N) is 1. The Bertz CT molecular complexity index is 454. The van der Waals surface area contributed by atoms with Crippen LogP contribution in [-0.2, 0) is 0 Å². The van der Waals surface area contributed by atoms with Crippen LogP contribution >= 0.6 is 0 Å². The first-order valence-corrected chi connectivity index (χ1v) is 6.21. The Morgan fingerprint density at radius 3 is 2.67 bits per heavy atom. The predicted molar refractivity (Wildman–Crippen MR) is 69.7 cm³/mol. The van der Waals surface area contributed by atoms with Crippen LogP contribution in [0.3, 0.4) is 0 Å². The van der Waals surface area contributed by atoms with Gasteiger partial charge in [-0.1, -0.05) is 12.8 Å². The topological polar surface area (TPSA) is 75.4 Å². The van der Waals surface area contributed by atoms with Gasteiger partial charge in [-0.15, -0.1) is 0 Å². The molecule has 2 rings (SSSR count). The van der Waals surface area contributed by atoms with E-state index >= 15 is 0 Å². The van der Waals surface area contributed by atoms with E-state index in [0.29, 0.717) is 12.2 Å². The second-order valence-electron chi connectivity index (χ2n) is 5.10. The van der Waals surface area contributed by atoms with Crippen molar-refractivity contribution in [2.45, 2.75) is 38.2 Å². The van der Waals surface area contributed by atoms with Crippen LogP contribution in [0.25, 0.3) is 0 Å². The zero-order valence-electron chi connectivity index (χ0n) is 10.5. The summed E-state index contributed by atoms with van der Waals surface area (Å²) >= 11 is 0. The van der Waals surface area contributed by atoms with Gasteiger partial charge in [0.25, 0.3) is 5.69 Å². The minimum Gasteiger partial charge on any atom is -0.388 e. The Labute approximate surface area is 106 Å². The number of hydrogen-bond acceptors (Lipinski definition) is 4. The average molecular weight is 250 g/mol. The van der Waals surface area contributed by atoms with Crippen molar-refractivity contribution >= 4 is 11.4 Å². The second-order valence-corrected chi connectivity index (χ2v) is 5.10. The minimum absolute atomic E-state index is 0.0795. The van der Waals surface area contributed by atoms with E-state index in [1.165, 1.54) is 12.1 Å². The van der Waals surface area contributed by atoms with E-state index in [-0.39, 0.29) is 5.69 Å². The van der Waals surface area contributed by atoms with Crippen molar-refractivity contribution in [1.82, 2.24) is 0 Å². The van der Waals surface area contributed by atoms with Crippen LogP contribution in [-0.4, -0.2) is 22.2 Å². The predicted octanol–water partition coefficient (Wildman–Crippen LogP) is 2.62. The Balaban J connectivity index is 2.07. The number of nitro benzene ring substituents is 1. The Morgan fingerprint density at radius 1 is 1.39 bits per heavy atom. The van der Waals surface area contributed by atoms with Crippen molar-refractivity contribution in [2.75, 3.05) is 11.9 Å². The van der Waals surface area contributed by atoms with Crippen molar-refractivity contribution in [3.63, 3.8) is 0 Å². The summed E-state index contributed by atoms with van der Waals surface area (Å²) in [5.41, 5.74) is 0.960. The number of aliphatic hydroxyl groups is 1. The van der Waals surface area contributed by atoms with E-state index in [2.05, 4.69) is 5.32 Å². The summed E-state index contributed by atoms with van der Waals surface area (Å²) in [6.07, 6.45) is 3.69. The number of anilines is 1. The van der Waals surface area contributed by atoms with Crippen LogP contribution in [0.4, 0.5) is 11.4 Å². The van der Waals surface area contributed by atoms with Crippen molar-refractivity contribution < 1.29 is 10.0 Å². The zero-order chi connectivity index (χ0) is 13.2. The van der Waals surface area contributed by atoms with Crippen molar-refractivity contribution in [1.29, 1.82) is 0 Å². The Kier molecular flexibility index (Phi) is 3.52. The van der Waals surface area contributed by atoms with Gasteiger partial charge in [0.2, 0.25) is 0 Å². The lowest BCUT2D eigenvalue weighted by molar-refractivity contribution is -0.384. The standard InChI is InChI=1S/C13H18N2O3/c1-10-6-11(8-12(7-10)15(17)18)14-9-13(16)4-2-3-5-13/h6-8,14,16H,2-5,9H2,1H3. The van der Waals surface area contributed by atoms with Crippen LogP contribution < -0.4 is 5.32 Å². The molecule has 0 atom stereocenters. The highest BCUT2D eigenvalue weighted by molar-refractivity contribution is 5.54. The fourth-order valence-corrected chi connectivity index (χ4v) is 2.45. The first-order chi connectivity index (χ1) is 8.48. The summed E-state index contributed by atoms with van der Waals surface area (Å²) < 4.78 is 0. The molecule has 1 aliphatic rings.